The summed E-state index contributed by atoms with van der Waals surface area (Å²) in [6, 6.07) is 8.57. The number of benzene rings is 1. The van der Waals surface area contributed by atoms with Gasteiger partial charge in [0.1, 0.15) is 5.75 Å². The van der Waals surface area contributed by atoms with Crippen molar-refractivity contribution in [2.24, 2.45) is 0 Å². The van der Waals surface area contributed by atoms with Gasteiger partial charge in [0.15, 0.2) is 0 Å². The maximum absolute atomic E-state index is 13.2. The average Bonchev–Trinajstić information content (AvgIpc) is 3.19. The maximum Gasteiger partial charge on any atom is 0.264 e. The summed E-state index contributed by atoms with van der Waals surface area (Å²) in [5.41, 5.74) is 4.13. The Labute approximate surface area is 190 Å². The fourth-order valence-electron chi connectivity index (χ4n) is 5.05. The highest BCUT2D eigenvalue weighted by Gasteiger charge is 2.38. The van der Waals surface area contributed by atoms with Crippen molar-refractivity contribution >= 4 is 17.2 Å². The number of carbonyl (C=O) groups is 1. The van der Waals surface area contributed by atoms with Crippen LogP contribution in [0.5, 0.6) is 5.75 Å². The molecule has 31 heavy (non-hydrogen) atoms. The van der Waals surface area contributed by atoms with Crippen LogP contribution in [0.4, 0.5) is 0 Å². The monoisotopic (exact) mass is 441 g/mol. The Morgan fingerprint density at radius 1 is 1.03 bits per heavy atom. The second-order valence-electron chi connectivity index (χ2n) is 10.5. The van der Waals surface area contributed by atoms with E-state index in [0.29, 0.717) is 13.1 Å². The van der Waals surface area contributed by atoms with Gasteiger partial charge in [0.25, 0.3) is 5.91 Å². The Morgan fingerprint density at radius 2 is 1.61 bits per heavy atom. The molecule has 0 spiro atoms. The molecule has 0 radical (unpaired) electrons. The average molecular weight is 442 g/mol. The van der Waals surface area contributed by atoms with Crippen LogP contribution in [0, 0.1) is 0 Å². The normalized spacial score (nSPS) is 24.5. The first kappa shape index (κ1) is 22.3. The molecule has 2 aliphatic rings. The van der Waals surface area contributed by atoms with Crippen molar-refractivity contribution in [2.45, 2.75) is 77.4 Å². The Hall–Kier alpha value is -1.85. The molecular formula is C26H35NO3S. The summed E-state index contributed by atoms with van der Waals surface area (Å²) >= 11 is 1.56. The lowest BCUT2D eigenvalue weighted by molar-refractivity contribution is -0.0585. The number of thiophene rings is 1. The van der Waals surface area contributed by atoms with E-state index in [-0.39, 0.29) is 28.9 Å². The molecule has 0 saturated carbocycles. The number of methoxy groups -OCH3 is 1. The van der Waals surface area contributed by atoms with Gasteiger partial charge in [-0.15, -0.1) is 11.3 Å². The smallest absolute Gasteiger partial charge is 0.264 e. The third kappa shape index (κ3) is 4.14. The van der Waals surface area contributed by atoms with Crippen LogP contribution in [0.15, 0.2) is 24.3 Å². The van der Waals surface area contributed by atoms with Gasteiger partial charge in [-0.05, 0) is 72.9 Å². The van der Waals surface area contributed by atoms with Crippen molar-refractivity contribution in [2.75, 3.05) is 20.2 Å². The number of rotatable bonds is 3. The first-order chi connectivity index (χ1) is 14.5. The van der Waals surface area contributed by atoms with E-state index >= 15 is 0 Å². The Balaban J connectivity index is 1.71. The van der Waals surface area contributed by atoms with Gasteiger partial charge >= 0.3 is 0 Å². The second kappa shape index (κ2) is 7.93. The summed E-state index contributed by atoms with van der Waals surface area (Å²) in [5.74, 6) is 0.982. The van der Waals surface area contributed by atoms with Crippen molar-refractivity contribution in [3.05, 3.63) is 40.3 Å². The molecule has 1 aromatic carbocycles. The van der Waals surface area contributed by atoms with Crippen LogP contribution in [0.1, 0.15) is 75.2 Å². The minimum atomic E-state index is 0.0680. The predicted octanol–water partition coefficient (Wildman–Crippen LogP) is 6.02. The third-order valence-corrected chi connectivity index (χ3v) is 8.07. The highest BCUT2D eigenvalue weighted by molar-refractivity contribution is 7.17. The molecular weight excluding hydrogens is 406 g/mol. The van der Waals surface area contributed by atoms with Gasteiger partial charge in [0, 0.05) is 23.5 Å². The van der Waals surface area contributed by atoms with Gasteiger partial charge < -0.3 is 14.4 Å². The quantitative estimate of drug-likeness (QED) is 0.584. The Bertz CT molecular complexity index is 981. The lowest BCUT2D eigenvalue weighted by Crippen LogP contribution is -2.48. The number of hydrogen-bond acceptors (Lipinski definition) is 4. The highest BCUT2D eigenvalue weighted by atomic mass is 32.1. The molecule has 168 valence electrons. The zero-order valence-corrected chi connectivity index (χ0v) is 20.7. The molecule has 1 fully saturated rings. The summed E-state index contributed by atoms with van der Waals surface area (Å²) in [7, 11) is 1.74. The van der Waals surface area contributed by atoms with Gasteiger partial charge in [-0.1, -0.05) is 27.7 Å². The molecule has 2 heterocycles. The lowest BCUT2D eigenvalue weighted by atomic mass is 9.63. The van der Waals surface area contributed by atoms with Crippen LogP contribution >= 0.6 is 11.3 Å². The molecule has 0 unspecified atom stereocenters. The van der Waals surface area contributed by atoms with Crippen LogP contribution in [0.2, 0.25) is 0 Å². The summed E-state index contributed by atoms with van der Waals surface area (Å²) in [6.45, 7) is 14.7. The summed E-state index contributed by atoms with van der Waals surface area (Å²) in [6.07, 6.45) is 2.47. The zero-order chi connectivity index (χ0) is 22.6. The predicted molar refractivity (Wildman–Crippen MR) is 128 cm³/mol. The number of fused-ring (bicyclic) bond motifs is 1. The molecule has 1 aliphatic heterocycles. The summed E-state index contributed by atoms with van der Waals surface area (Å²) < 4.78 is 11.6. The van der Waals surface area contributed by atoms with Crippen molar-refractivity contribution in [3.63, 3.8) is 0 Å². The van der Waals surface area contributed by atoms with Gasteiger partial charge in [0.2, 0.25) is 0 Å². The van der Waals surface area contributed by atoms with E-state index in [1.165, 1.54) is 24.0 Å². The molecule has 4 rings (SSSR count). The molecule has 5 heteroatoms. The summed E-state index contributed by atoms with van der Waals surface area (Å²) in [5, 5.41) is 0. The number of morpholine rings is 1. The standard InChI is InChI=1S/C26H35NO3S/c1-16-14-27(15-17(2)30-16)24(28)23-9-8-22(31-23)18-12-19-20(13-21(18)29-7)26(5,6)11-10-25(19,3)4/h8-9,12-13,16-17H,10-11,14-15H2,1-7H3/t16-,17+. The third-order valence-electron chi connectivity index (χ3n) is 6.96. The van der Waals surface area contributed by atoms with Crippen molar-refractivity contribution in [3.8, 4) is 16.2 Å². The first-order valence-electron chi connectivity index (χ1n) is 11.3. The van der Waals surface area contributed by atoms with Gasteiger partial charge in [-0.2, -0.15) is 0 Å². The first-order valence-corrected chi connectivity index (χ1v) is 12.1. The van der Waals surface area contributed by atoms with E-state index in [4.69, 9.17) is 9.47 Å². The molecule has 1 aliphatic carbocycles. The molecule has 1 saturated heterocycles. The van der Waals surface area contributed by atoms with Gasteiger partial charge in [-0.25, -0.2) is 0 Å². The fourth-order valence-corrected chi connectivity index (χ4v) is 6.05. The topological polar surface area (TPSA) is 38.8 Å². The van der Waals surface area contributed by atoms with Gasteiger partial charge in [-0.3, -0.25) is 4.79 Å². The van der Waals surface area contributed by atoms with E-state index in [2.05, 4.69) is 45.9 Å². The molecule has 0 N–H and O–H groups in total. The lowest BCUT2D eigenvalue weighted by Gasteiger charge is -2.42. The van der Waals surface area contributed by atoms with Crippen molar-refractivity contribution in [1.82, 2.24) is 4.90 Å². The number of amides is 1. The van der Waals surface area contributed by atoms with E-state index in [1.807, 2.05) is 24.8 Å². The molecule has 0 bridgehead atoms. The van der Waals surface area contributed by atoms with Crippen LogP contribution in [0.25, 0.3) is 10.4 Å². The van der Waals surface area contributed by atoms with Crippen molar-refractivity contribution in [1.29, 1.82) is 0 Å². The Kier molecular flexibility index (Phi) is 5.72. The minimum Gasteiger partial charge on any atom is -0.496 e. The Morgan fingerprint density at radius 3 is 2.19 bits per heavy atom. The highest BCUT2D eigenvalue weighted by Crippen LogP contribution is 2.49. The van der Waals surface area contributed by atoms with Crippen LogP contribution in [-0.4, -0.2) is 43.2 Å². The number of nitrogens with zero attached hydrogens (tertiary/aromatic N) is 1. The second-order valence-corrected chi connectivity index (χ2v) is 11.6. The van der Waals surface area contributed by atoms with Crippen LogP contribution in [-0.2, 0) is 15.6 Å². The van der Waals surface area contributed by atoms with E-state index in [1.54, 1.807) is 18.4 Å². The zero-order valence-electron chi connectivity index (χ0n) is 19.9. The molecule has 1 aromatic heterocycles. The van der Waals surface area contributed by atoms with Crippen LogP contribution < -0.4 is 4.74 Å². The fraction of sp³-hybridized carbons (Fsp3) is 0.577. The number of hydrogen-bond donors (Lipinski definition) is 0. The summed E-state index contributed by atoms with van der Waals surface area (Å²) in [4.78, 5) is 16.9. The molecule has 2 aromatic rings. The minimum absolute atomic E-state index is 0.0680. The maximum atomic E-state index is 13.2. The number of ether oxygens (including phenoxy) is 2. The van der Waals surface area contributed by atoms with Gasteiger partial charge in [0.05, 0.1) is 24.2 Å². The van der Waals surface area contributed by atoms with Crippen LogP contribution in [0.3, 0.4) is 0 Å². The SMILES string of the molecule is COc1cc2c(cc1-c1ccc(C(=O)N3C[C@@H](C)O[C@@H](C)C3)s1)C(C)(C)CCC2(C)C. The largest absolute Gasteiger partial charge is 0.496 e. The van der Waals surface area contributed by atoms with E-state index < -0.39 is 0 Å². The van der Waals surface area contributed by atoms with E-state index in [9.17, 15) is 4.79 Å². The van der Waals surface area contributed by atoms with Crippen molar-refractivity contribution < 1.29 is 14.3 Å². The molecule has 2 atom stereocenters. The molecule has 1 amide bonds. The van der Waals surface area contributed by atoms with E-state index in [0.717, 1.165) is 21.1 Å². The molecule has 4 nitrogen and oxygen atoms in total. The number of carbonyl (C=O) groups excluding carboxylic acids is 1.